The van der Waals surface area contributed by atoms with Gasteiger partial charge in [-0.3, -0.25) is 14.3 Å². The average molecular weight is 447 g/mol. The fourth-order valence-electron chi connectivity index (χ4n) is 5.12. The van der Waals surface area contributed by atoms with Gasteiger partial charge in [0.1, 0.15) is 22.1 Å². The number of benzene rings is 1. The second-order valence-electron chi connectivity index (χ2n) is 8.29. The number of carbonyl (C=O) groups excluding carboxylic acids is 2. The largest absolute Gasteiger partial charge is 0.496 e. The number of methoxy groups -OCH3 is 2. The molecule has 1 spiro atoms. The highest BCUT2D eigenvalue weighted by molar-refractivity contribution is 6.36. The minimum Gasteiger partial charge on any atom is -0.496 e. The van der Waals surface area contributed by atoms with Crippen LogP contribution < -0.4 is 14.2 Å². The smallest absolute Gasteiger partial charge is 0.237 e. The maximum absolute atomic E-state index is 14.0. The molecular formula is C22H23ClN2O6. The number of carbonyl (C=O) groups is 2. The van der Waals surface area contributed by atoms with Crippen LogP contribution in [0.4, 0.5) is 0 Å². The van der Waals surface area contributed by atoms with Crippen LogP contribution in [-0.4, -0.2) is 54.4 Å². The summed E-state index contributed by atoms with van der Waals surface area (Å²) in [7, 11) is 4.74. The molecule has 5 rings (SSSR count). The summed E-state index contributed by atoms with van der Waals surface area (Å²) in [6.07, 6.45) is 1.23. The van der Waals surface area contributed by atoms with E-state index in [2.05, 4.69) is 5.10 Å². The summed E-state index contributed by atoms with van der Waals surface area (Å²) in [6.45, 7) is 2.98. The summed E-state index contributed by atoms with van der Waals surface area (Å²) in [5.41, 5.74) is 0.420. The second-order valence-corrected chi connectivity index (χ2v) is 8.67. The number of aromatic nitrogens is 2. The number of aryl methyl sites for hydroxylation is 1. The molecule has 0 N–H and O–H groups in total. The van der Waals surface area contributed by atoms with Crippen LogP contribution in [0.25, 0.3) is 0 Å². The molecule has 0 bridgehead atoms. The van der Waals surface area contributed by atoms with Crippen molar-refractivity contribution in [1.82, 2.24) is 9.78 Å². The Labute approximate surface area is 184 Å². The summed E-state index contributed by atoms with van der Waals surface area (Å²) in [5.74, 6) is -0.516. The first-order valence-electron chi connectivity index (χ1n) is 10.2. The van der Waals surface area contributed by atoms with Gasteiger partial charge in [0.2, 0.25) is 17.2 Å². The highest BCUT2D eigenvalue weighted by atomic mass is 35.5. The molecule has 0 saturated carbocycles. The predicted molar refractivity (Wildman–Crippen MR) is 111 cm³/mol. The van der Waals surface area contributed by atoms with Crippen molar-refractivity contribution in [2.75, 3.05) is 27.4 Å². The Morgan fingerprint density at radius 1 is 1.19 bits per heavy atom. The molecule has 1 aliphatic carbocycles. The summed E-state index contributed by atoms with van der Waals surface area (Å²) >= 11 is 6.48. The Morgan fingerprint density at radius 2 is 1.90 bits per heavy atom. The Kier molecular flexibility index (Phi) is 4.57. The molecule has 3 aliphatic rings. The van der Waals surface area contributed by atoms with E-state index >= 15 is 0 Å². The Bertz CT molecular complexity index is 1120. The zero-order valence-electron chi connectivity index (χ0n) is 17.8. The third kappa shape index (κ3) is 2.55. The number of ether oxygens (including phenoxy) is 4. The number of hydrogen-bond acceptors (Lipinski definition) is 7. The Hall–Kier alpha value is -2.58. The molecule has 1 aromatic carbocycles. The maximum Gasteiger partial charge on any atom is 0.237 e. The molecule has 0 radical (unpaired) electrons. The van der Waals surface area contributed by atoms with Gasteiger partial charge in [-0.05, 0) is 12.8 Å². The van der Waals surface area contributed by atoms with Gasteiger partial charge in [-0.2, -0.15) is 5.10 Å². The highest BCUT2D eigenvalue weighted by Crippen LogP contribution is 2.54. The summed E-state index contributed by atoms with van der Waals surface area (Å²) < 4.78 is 24.2. The molecule has 3 atom stereocenters. The number of nitrogens with zero attached hydrogens (tertiary/aromatic N) is 2. The van der Waals surface area contributed by atoms with E-state index in [1.807, 2.05) is 14.0 Å². The van der Waals surface area contributed by atoms with E-state index in [1.165, 1.54) is 20.3 Å². The van der Waals surface area contributed by atoms with E-state index in [4.69, 9.17) is 30.5 Å². The zero-order chi connectivity index (χ0) is 22.1. The number of rotatable bonds is 3. The lowest BCUT2D eigenvalue weighted by Gasteiger charge is -2.35. The topological polar surface area (TPSA) is 88.9 Å². The van der Waals surface area contributed by atoms with Crippen molar-refractivity contribution in [2.45, 2.75) is 31.3 Å². The van der Waals surface area contributed by atoms with Gasteiger partial charge in [0.15, 0.2) is 5.75 Å². The fraction of sp³-hybridized carbons (Fsp3) is 0.500. The van der Waals surface area contributed by atoms with Crippen LogP contribution in [0, 0.1) is 5.92 Å². The van der Waals surface area contributed by atoms with Crippen LogP contribution >= 0.6 is 11.6 Å². The molecule has 1 fully saturated rings. The minimum atomic E-state index is -1.71. The molecule has 2 aromatic rings. The van der Waals surface area contributed by atoms with Crippen LogP contribution in [0.3, 0.4) is 0 Å². The standard InChI is InChI=1S/C22H23ClN2O6/c1-10-7-12-15(18(25(2)24-12)11-5-6-30-9-11)20(26)22(10)21(27)16-13(28-3)8-14(29-4)17(23)19(16)31-22/h8,10-11H,5-7,9H2,1-4H3/t10-,11-,22+/m1/s1. The van der Waals surface area contributed by atoms with Crippen molar-refractivity contribution < 1.29 is 28.5 Å². The van der Waals surface area contributed by atoms with Crippen molar-refractivity contribution in [3.63, 3.8) is 0 Å². The SMILES string of the molecule is COc1cc(OC)c2c(c1Cl)O[C@]1(C2=O)C(=O)c2c(nn(C)c2[C@@H]2CCOC2)C[C@H]1C. The van der Waals surface area contributed by atoms with Crippen LogP contribution in [0.2, 0.25) is 5.02 Å². The number of halogens is 1. The highest BCUT2D eigenvalue weighted by Gasteiger charge is 2.63. The lowest BCUT2D eigenvalue weighted by molar-refractivity contribution is 0.0257. The molecule has 2 aliphatic heterocycles. The molecule has 3 heterocycles. The molecule has 0 amide bonds. The number of Topliss-reactive ketones (excluding diaryl/α,β-unsaturated/α-hetero) is 2. The molecule has 31 heavy (non-hydrogen) atoms. The van der Waals surface area contributed by atoms with Crippen LogP contribution in [0.1, 0.15) is 51.4 Å². The molecule has 0 unspecified atom stereocenters. The molecule has 164 valence electrons. The van der Waals surface area contributed by atoms with Gasteiger partial charge in [-0.25, -0.2) is 0 Å². The van der Waals surface area contributed by atoms with Gasteiger partial charge in [0, 0.05) is 31.6 Å². The fourth-order valence-corrected chi connectivity index (χ4v) is 5.39. The third-order valence-corrected chi connectivity index (χ3v) is 7.01. The molecular weight excluding hydrogens is 424 g/mol. The molecule has 8 nitrogen and oxygen atoms in total. The van der Waals surface area contributed by atoms with Crippen molar-refractivity contribution in [2.24, 2.45) is 13.0 Å². The van der Waals surface area contributed by atoms with Crippen LogP contribution in [0.15, 0.2) is 6.07 Å². The van der Waals surface area contributed by atoms with Crippen molar-refractivity contribution in [3.8, 4) is 17.2 Å². The zero-order valence-corrected chi connectivity index (χ0v) is 18.5. The Morgan fingerprint density at radius 3 is 2.55 bits per heavy atom. The van der Waals surface area contributed by atoms with Gasteiger partial charge >= 0.3 is 0 Å². The summed E-state index contributed by atoms with van der Waals surface area (Å²) in [6, 6.07) is 1.54. The normalized spacial score (nSPS) is 26.7. The monoisotopic (exact) mass is 446 g/mol. The van der Waals surface area contributed by atoms with E-state index in [0.717, 1.165) is 12.1 Å². The quantitative estimate of drug-likeness (QED) is 0.669. The first-order chi connectivity index (χ1) is 14.8. The summed E-state index contributed by atoms with van der Waals surface area (Å²) in [4.78, 5) is 27.8. The van der Waals surface area contributed by atoms with Crippen LogP contribution in [-0.2, 0) is 18.2 Å². The van der Waals surface area contributed by atoms with Gasteiger partial charge in [-0.15, -0.1) is 0 Å². The van der Waals surface area contributed by atoms with E-state index < -0.39 is 17.3 Å². The van der Waals surface area contributed by atoms with E-state index in [-0.39, 0.29) is 33.8 Å². The van der Waals surface area contributed by atoms with Crippen molar-refractivity contribution in [3.05, 3.63) is 33.6 Å². The average Bonchev–Trinajstić information content (AvgIpc) is 3.45. The van der Waals surface area contributed by atoms with E-state index in [0.29, 0.717) is 36.6 Å². The van der Waals surface area contributed by atoms with Gasteiger partial charge in [0.05, 0.1) is 37.8 Å². The molecule has 1 saturated heterocycles. The number of hydrogen-bond donors (Lipinski definition) is 0. The predicted octanol–water partition coefficient (Wildman–Crippen LogP) is 2.98. The van der Waals surface area contributed by atoms with E-state index in [1.54, 1.807) is 4.68 Å². The first-order valence-corrected chi connectivity index (χ1v) is 10.6. The molecule has 1 aromatic heterocycles. The lowest BCUT2D eigenvalue weighted by atomic mass is 9.70. The third-order valence-electron chi connectivity index (χ3n) is 6.66. The van der Waals surface area contributed by atoms with Crippen LogP contribution in [0.5, 0.6) is 17.2 Å². The first kappa shape index (κ1) is 20.3. The lowest BCUT2D eigenvalue weighted by Crippen LogP contribution is -2.56. The maximum atomic E-state index is 14.0. The number of fused-ring (bicyclic) bond motifs is 2. The van der Waals surface area contributed by atoms with Gasteiger partial charge in [0.25, 0.3) is 0 Å². The Balaban J connectivity index is 1.69. The number of ketones is 2. The van der Waals surface area contributed by atoms with Gasteiger partial charge in [-0.1, -0.05) is 18.5 Å². The van der Waals surface area contributed by atoms with Crippen molar-refractivity contribution >= 4 is 23.2 Å². The van der Waals surface area contributed by atoms with E-state index in [9.17, 15) is 9.59 Å². The van der Waals surface area contributed by atoms with Gasteiger partial charge < -0.3 is 18.9 Å². The van der Waals surface area contributed by atoms with Crippen molar-refractivity contribution in [1.29, 1.82) is 0 Å². The molecule has 9 heteroatoms. The summed E-state index contributed by atoms with van der Waals surface area (Å²) in [5, 5.41) is 4.75. The minimum absolute atomic E-state index is 0.0488. The second kappa shape index (κ2) is 6.97.